The topological polar surface area (TPSA) is 59.8 Å². The van der Waals surface area contributed by atoms with Crippen molar-refractivity contribution < 1.29 is 18.3 Å². The van der Waals surface area contributed by atoms with E-state index in [1.54, 1.807) is 36.1 Å². The van der Waals surface area contributed by atoms with Crippen LogP contribution in [0.15, 0.2) is 100 Å². The SMILES string of the molecule is Cc1cc2oc3c(c(=O)c2cc1Cl)C(c1cccc(Oc2ccccc2)c1)N(Cc1ccc(F)cc1)C3=O. The smallest absolute Gasteiger partial charge is 0.291 e. The lowest BCUT2D eigenvalue weighted by atomic mass is 9.97. The number of carbonyl (C=O) groups excluding carboxylic acids is 1. The van der Waals surface area contributed by atoms with Crippen molar-refractivity contribution in [3.63, 3.8) is 0 Å². The van der Waals surface area contributed by atoms with Crippen molar-refractivity contribution in [2.45, 2.75) is 19.5 Å². The Morgan fingerprint density at radius 3 is 2.42 bits per heavy atom. The van der Waals surface area contributed by atoms with Crippen molar-refractivity contribution in [3.8, 4) is 11.5 Å². The molecule has 2 heterocycles. The Morgan fingerprint density at radius 2 is 1.66 bits per heavy atom. The second-order valence-corrected chi connectivity index (χ2v) is 9.63. The lowest BCUT2D eigenvalue weighted by molar-refractivity contribution is 0.0714. The van der Waals surface area contributed by atoms with Crippen molar-refractivity contribution in [3.05, 3.63) is 140 Å². The van der Waals surface area contributed by atoms with Gasteiger partial charge in [-0.15, -0.1) is 0 Å². The summed E-state index contributed by atoms with van der Waals surface area (Å²) < 4.78 is 25.7. The van der Waals surface area contributed by atoms with E-state index in [2.05, 4.69) is 0 Å². The van der Waals surface area contributed by atoms with Crippen molar-refractivity contribution in [2.75, 3.05) is 0 Å². The predicted molar refractivity (Wildman–Crippen MR) is 143 cm³/mol. The highest BCUT2D eigenvalue weighted by molar-refractivity contribution is 6.32. The van der Waals surface area contributed by atoms with Crippen LogP contribution < -0.4 is 10.2 Å². The number of benzene rings is 4. The number of fused-ring (bicyclic) bond motifs is 2. The molecule has 0 bridgehead atoms. The highest BCUT2D eigenvalue weighted by Crippen LogP contribution is 2.40. The van der Waals surface area contributed by atoms with Crippen molar-refractivity contribution in [1.82, 2.24) is 4.90 Å². The number of para-hydroxylation sites is 1. The third-order valence-corrected chi connectivity index (χ3v) is 7.07. The molecule has 188 valence electrons. The zero-order chi connectivity index (χ0) is 26.4. The molecule has 1 aliphatic rings. The molecule has 1 aliphatic heterocycles. The first-order valence-electron chi connectivity index (χ1n) is 12.0. The average Bonchev–Trinajstić information content (AvgIpc) is 3.19. The molecule has 4 aromatic carbocycles. The summed E-state index contributed by atoms with van der Waals surface area (Å²) >= 11 is 6.33. The third kappa shape index (κ3) is 4.23. The van der Waals surface area contributed by atoms with Gasteiger partial charge in [0, 0.05) is 11.6 Å². The number of ether oxygens (including phenoxy) is 1. The van der Waals surface area contributed by atoms with Crippen LogP contribution in [0.3, 0.4) is 0 Å². The fraction of sp³-hybridized carbons (Fsp3) is 0.0968. The van der Waals surface area contributed by atoms with Gasteiger partial charge in [0.05, 0.1) is 17.0 Å². The van der Waals surface area contributed by atoms with Gasteiger partial charge in [0.2, 0.25) is 5.76 Å². The van der Waals surface area contributed by atoms with E-state index in [0.717, 1.165) is 5.56 Å². The van der Waals surface area contributed by atoms with E-state index >= 15 is 0 Å². The number of hydrogen-bond acceptors (Lipinski definition) is 4. The quantitative estimate of drug-likeness (QED) is 0.239. The third-order valence-electron chi connectivity index (χ3n) is 6.67. The van der Waals surface area contributed by atoms with Crippen LogP contribution in [0.5, 0.6) is 11.5 Å². The summed E-state index contributed by atoms with van der Waals surface area (Å²) in [6.45, 7) is 1.95. The number of rotatable bonds is 5. The zero-order valence-electron chi connectivity index (χ0n) is 20.3. The average molecular weight is 526 g/mol. The maximum atomic E-state index is 13.9. The van der Waals surface area contributed by atoms with Crippen LogP contribution >= 0.6 is 11.6 Å². The monoisotopic (exact) mass is 525 g/mol. The fourth-order valence-electron chi connectivity index (χ4n) is 4.81. The minimum absolute atomic E-state index is 0.00860. The van der Waals surface area contributed by atoms with E-state index in [1.807, 2.05) is 54.6 Å². The van der Waals surface area contributed by atoms with Gasteiger partial charge in [0.25, 0.3) is 5.91 Å². The molecule has 5 nitrogen and oxygen atoms in total. The molecular formula is C31H21ClFNO4. The van der Waals surface area contributed by atoms with E-state index in [4.69, 9.17) is 20.8 Å². The second kappa shape index (κ2) is 9.47. The highest BCUT2D eigenvalue weighted by atomic mass is 35.5. The van der Waals surface area contributed by atoms with Crippen molar-refractivity contribution >= 4 is 28.5 Å². The van der Waals surface area contributed by atoms with Gasteiger partial charge in [-0.25, -0.2) is 4.39 Å². The molecule has 0 aliphatic carbocycles. The molecule has 0 N–H and O–H groups in total. The molecule has 0 spiro atoms. The number of halogens is 2. The molecule has 38 heavy (non-hydrogen) atoms. The molecule has 1 atom stereocenters. The molecule has 5 aromatic rings. The number of nitrogens with zero attached hydrogens (tertiary/aromatic N) is 1. The van der Waals surface area contributed by atoms with Crippen LogP contribution in [-0.2, 0) is 6.54 Å². The Balaban J connectivity index is 1.51. The lowest BCUT2D eigenvalue weighted by Gasteiger charge is -2.25. The van der Waals surface area contributed by atoms with Crippen molar-refractivity contribution in [1.29, 1.82) is 0 Å². The maximum absolute atomic E-state index is 13.9. The fourth-order valence-corrected chi connectivity index (χ4v) is 4.97. The first-order chi connectivity index (χ1) is 18.4. The van der Waals surface area contributed by atoms with Gasteiger partial charge in [0.1, 0.15) is 22.9 Å². The Morgan fingerprint density at radius 1 is 0.921 bits per heavy atom. The molecule has 0 saturated carbocycles. The molecule has 1 aromatic heterocycles. The van der Waals surface area contributed by atoms with E-state index in [0.29, 0.717) is 38.6 Å². The number of aryl methyl sites for hydroxylation is 1. The number of hydrogen-bond donors (Lipinski definition) is 0. The largest absolute Gasteiger partial charge is 0.457 e. The van der Waals surface area contributed by atoms with Crippen LogP contribution in [-0.4, -0.2) is 10.8 Å². The van der Waals surface area contributed by atoms with Crippen LogP contribution in [0, 0.1) is 12.7 Å². The summed E-state index contributed by atoms with van der Waals surface area (Å²) in [5.74, 6) is 0.412. The lowest BCUT2D eigenvalue weighted by Crippen LogP contribution is -2.29. The van der Waals surface area contributed by atoms with Crippen molar-refractivity contribution in [2.24, 2.45) is 0 Å². The molecule has 1 amide bonds. The summed E-state index contributed by atoms with van der Waals surface area (Å²) in [7, 11) is 0. The molecule has 0 saturated heterocycles. The van der Waals surface area contributed by atoms with Crippen LogP contribution in [0.4, 0.5) is 4.39 Å². The van der Waals surface area contributed by atoms with Gasteiger partial charge < -0.3 is 14.1 Å². The first kappa shape index (κ1) is 23.9. The summed E-state index contributed by atoms with van der Waals surface area (Å²) in [6, 6.07) is 25.0. The standard InChI is InChI=1S/C31H21ClFNO4/c1-18-14-26-24(16-25(18)32)29(35)27-28(20-6-5-9-23(15-20)37-22-7-3-2-4-8-22)34(31(36)30(27)38-26)17-19-10-12-21(33)13-11-19/h2-16,28H,17H2,1H3. The predicted octanol–water partition coefficient (Wildman–Crippen LogP) is 7.43. The molecule has 6 rings (SSSR count). The summed E-state index contributed by atoms with van der Waals surface area (Å²) in [4.78, 5) is 29.2. The summed E-state index contributed by atoms with van der Waals surface area (Å²) in [5.41, 5.74) is 2.34. The highest BCUT2D eigenvalue weighted by Gasteiger charge is 2.43. The minimum Gasteiger partial charge on any atom is -0.457 e. The van der Waals surface area contributed by atoms with Gasteiger partial charge >= 0.3 is 0 Å². The molecule has 1 unspecified atom stereocenters. The molecule has 7 heteroatoms. The molecule has 0 fully saturated rings. The van der Waals surface area contributed by atoms with Gasteiger partial charge in [-0.05, 0) is 72.1 Å². The normalized spacial score (nSPS) is 14.7. The summed E-state index contributed by atoms with van der Waals surface area (Å²) in [5, 5.41) is 0.740. The van der Waals surface area contributed by atoms with E-state index in [9.17, 15) is 14.0 Å². The van der Waals surface area contributed by atoms with E-state index < -0.39 is 11.9 Å². The van der Waals surface area contributed by atoms with Crippen LogP contribution in [0.2, 0.25) is 5.02 Å². The van der Waals surface area contributed by atoms with Crippen LogP contribution in [0.25, 0.3) is 11.0 Å². The zero-order valence-corrected chi connectivity index (χ0v) is 21.0. The van der Waals surface area contributed by atoms with Gasteiger partial charge in [-0.1, -0.05) is 54.1 Å². The van der Waals surface area contributed by atoms with Gasteiger partial charge in [-0.3, -0.25) is 9.59 Å². The number of carbonyl (C=O) groups is 1. The molecular weight excluding hydrogens is 505 g/mol. The minimum atomic E-state index is -0.748. The van der Waals surface area contributed by atoms with Gasteiger partial charge in [-0.2, -0.15) is 0 Å². The number of amides is 1. The Hall–Kier alpha value is -4.42. The molecule has 0 radical (unpaired) electrons. The van der Waals surface area contributed by atoms with E-state index in [-0.39, 0.29) is 29.1 Å². The maximum Gasteiger partial charge on any atom is 0.291 e. The van der Waals surface area contributed by atoms with E-state index in [1.165, 1.54) is 12.1 Å². The van der Waals surface area contributed by atoms with Crippen LogP contribution in [0.1, 0.15) is 38.9 Å². The van der Waals surface area contributed by atoms with Gasteiger partial charge in [0.15, 0.2) is 5.43 Å². The summed E-state index contributed by atoms with van der Waals surface area (Å²) in [6.07, 6.45) is 0. The Bertz CT molecular complexity index is 1750. The Labute approximate surface area is 222 Å². The second-order valence-electron chi connectivity index (χ2n) is 9.22. The Kier molecular flexibility index (Phi) is 5.97. The first-order valence-corrected chi connectivity index (χ1v) is 12.4.